The molecule has 2 aromatic carbocycles. The Morgan fingerprint density at radius 1 is 1.05 bits per heavy atom. The SMILES string of the molecule is COc1ccc(C(Cl)c2cccc(C)c2I)cc1OC. The Bertz CT molecular complexity index is 613. The number of hydrogen-bond acceptors (Lipinski definition) is 2. The van der Waals surface area contributed by atoms with Crippen molar-refractivity contribution in [2.75, 3.05) is 14.2 Å². The summed E-state index contributed by atoms with van der Waals surface area (Å²) < 4.78 is 11.8. The van der Waals surface area contributed by atoms with Crippen molar-refractivity contribution in [3.63, 3.8) is 0 Å². The summed E-state index contributed by atoms with van der Waals surface area (Å²) in [4.78, 5) is 0. The lowest BCUT2D eigenvalue weighted by molar-refractivity contribution is 0.354. The zero-order chi connectivity index (χ0) is 14.7. The van der Waals surface area contributed by atoms with Crippen molar-refractivity contribution >= 4 is 34.2 Å². The van der Waals surface area contributed by atoms with Crippen LogP contribution in [0, 0.1) is 10.5 Å². The molecule has 0 saturated carbocycles. The van der Waals surface area contributed by atoms with Crippen molar-refractivity contribution in [3.05, 3.63) is 56.7 Å². The van der Waals surface area contributed by atoms with Crippen molar-refractivity contribution in [1.29, 1.82) is 0 Å². The van der Waals surface area contributed by atoms with E-state index in [2.05, 4.69) is 41.6 Å². The number of benzene rings is 2. The summed E-state index contributed by atoms with van der Waals surface area (Å²) in [6, 6.07) is 12.0. The van der Waals surface area contributed by atoms with Gasteiger partial charge in [-0.05, 0) is 58.3 Å². The maximum atomic E-state index is 6.63. The zero-order valence-corrected chi connectivity index (χ0v) is 14.5. The fourth-order valence-electron chi connectivity index (χ4n) is 2.06. The van der Waals surface area contributed by atoms with Crippen LogP contribution >= 0.6 is 34.2 Å². The minimum atomic E-state index is -0.207. The van der Waals surface area contributed by atoms with Gasteiger partial charge in [-0.1, -0.05) is 24.3 Å². The first-order chi connectivity index (χ1) is 9.58. The number of ether oxygens (including phenoxy) is 2. The standard InChI is InChI=1S/C16H16ClIO2/c1-10-5-4-6-12(16(10)18)15(17)11-7-8-13(19-2)14(9-11)20-3/h4-9,15H,1-3H3. The van der Waals surface area contributed by atoms with Gasteiger partial charge >= 0.3 is 0 Å². The van der Waals surface area contributed by atoms with Crippen LogP contribution in [0.2, 0.25) is 0 Å². The first kappa shape index (κ1) is 15.4. The molecule has 1 unspecified atom stereocenters. The number of halogens is 2. The molecule has 2 rings (SSSR count). The predicted octanol–water partition coefficient (Wildman–Crippen LogP) is 4.95. The fraction of sp³-hybridized carbons (Fsp3) is 0.250. The Hall–Kier alpha value is -0.940. The van der Waals surface area contributed by atoms with E-state index in [0.717, 1.165) is 11.1 Å². The van der Waals surface area contributed by atoms with Crippen LogP contribution in [0.15, 0.2) is 36.4 Å². The Balaban J connectivity index is 2.43. The van der Waals surface area contributed by atoms with Crippen LogP contribution < -0.4 is 9.47 Å². The van der Waals surface area contributed by atoms with E-state index in [4.69, 9.17) is 21.1 Å². The molecule has 106 valence electrons. The molecule has 0 aliphatic rings. The van der Waals surface area contributed by atoms with E-state index in [1.165, 1.54) is 9.13 Å². The molecule has 0 heterocycles. The molecule has 4 heteroatoms. The lowest BCUT2D eigenvalue weighted by atomic mass is 10.0. The van der Waals surface area contributed by atoms with E-state index >= 15 is 0 Å². The summed E-state index contributed by atoms with van der Waals surface area (Å²) in [5, 5.41) is -0.207. The number of aryl methyl sites for hydroxylation is 1. The van der Waals surface area contributed by atoms with Crippen molar-refractivity contribution in [3.8, 4) is 11.5 Å². The third kappa shape index (κ3) is 3.04. The minimum Gasteiger partial charge on any atom is -0.493 e. The van der Waals surface area contributed by atoms with Crippen molar-refractivity contribution in [1.82, 2.24) is 0 Å². The van der Waals surface area contributed by atoms with Crippen LogP contribution in [-0.2, 0) is 0 Å². The van der Waals surface area contributed by atoms with Crippen LogP contribution in [-0.4, -0.2) is 14.2 Å². The smallest absolute Gasteiger partial charge is 0.161 e. The monoisotopic (exact) mass is 402 g/mol. The van der Waals surface area contributed by atoms with Crippen LogP contribution in [0.25, 0.3) is 0 Å². The van der Waals surface area contributed by atoms with E-state index in [0.29, 0.717) is 11.5 Å². The van der Waals surface area contributed by atoms with E-state index in [1.54, 1.807) is 14.2 Å². The molecule has 0 amide bonds. The molecule has 0 bridgehead atoms. The molecule has 0 N–H and O–H groups in total. The Labute approximate surface area is 138 Å². The molecule has 1 atom stereocenters. The number of methoxy groups -OCH3 is 2. The second-order valence-corrected chi connectivity index (χ2v) is 5.97. The van der Waals surface area contributed by atoms with E-state index in [9.17, 15) is 0 Å². The summed E-state index contributed by atoms with van der Waals surface area (Å²) in [5.74, 6) is 1.40. The molecular formula is C16H16ClIO2. The molecule has 0 spiro atoms. The normalized spacial score (nSPS) is 12.1. The summed E-state index contributed by atoms with van der Waals surface area (Å²) in [7, 11) is 3.25. The lowest BCUT2D eigenvalue weighted by Crippen LogP contribution is -1.99. The third-order valence-electron chi connectivity index (χ3n) is 3.19. The molecule has 0 saturated heterocycles. The topological polar surface area (TPSA) is 18.5 Å². The van der Waals surface area contributed by atoms with Crippen molar-refractivity contribution in [2.24, 2.45) is 0 Å². The molecule has 0 radical (unpaired) electrons. The number of hydrogen-bond donors (Lipinski definition) is 0. The number of rotatable bonds is 4. The van der Waals surface area contributed by atoms with Crippen LogP contribution in [0.3, 0.4) is 0 Å². The van der Waals surface area contributed by atoms with Crippen LogP contribution in [0.4, 0.5) is 0 Å². The fourth-order valence-corrected chi connectivity index (χ4v) is 3.23. The Morgan fingerprint density at radius 3 is 2.40 bits per heavy atom. The summed E-state index contributed by atoms with van der Waals surface area (Å²) in [5.41, 5.74) is 3.33. The highest BCUT2D eigenvalue weighted by Gasteiger charge is 2.17. The summed E-state index contributed by atoms with van der Waals surface area (Å²) >= 11 is 8.97. The molecule has 0 fully saturated rings. The van der Waals surface area contributed by atoms with Crippen LogP contribution in [0.1, 0.15) is 22.1 Å². The largest absolute Gasteiger partial charge is 0.493 e. The third-order valence-corrected chi connectivity index (χ3v) is 5.16. The highest BCUT2D eigenvalue weighted by atomic mass is 127. The average Bonchev–Trinajstić information content (AvgIpc) is 2.48. The first-order valence-corrected chi connectivity index (χ1v) is 7.71. The van der Waals surface area contributed by atoms with E-state index in [-0.39, 0.29) is 5.38 Å². The van der Waals surface area contributed by atoms with E-state index in [1.807, 2.05) is 24.3 Å². The van der Waals surface area contributed by atoms with Gasteiger partial charge in [0.25, 0.3) is 0 Å². The van der Waals surface area contributed by atoms with Gasteiger partial charge < -0.3 is 9.47 Å². The van der Waals surface area contributed by atoms with Gasteiger partial charge in [0.15, 0.2) is 11.5 Å². The second-order valence-electron chi connectivity index (χ2n) is 4.46. The summed E-state index contributed by atoms with van der Waals surface area (Å²) in [6.07, 6.45) is 0. The molecule has 0 aliphatic carbocycles. The van der Waals surface area contributed by atoms with Crippen molar-refractivity contribution < 1.29 is 9.47 Å². The molecular weight excluding hydrogens is 387 g/mol. The second kappa shape index (κ2) is 6.68. The van der Waals surface area contributed by atoms with Gasteiger partial charge in [-0.15, -0.1) is 11.6 Å². The van der Waals surface area contributed by atoms with Gasteiger partial charge in [-0.25, -0.2) is 0 Å². The molecule has 0 aromatic heterocycles. The molecule has 2 nitrogen and oxygen atoms in total. The Kier molecular flexibility index (Phi) is 5.16. The van der Waals surface area contributed by atoms with Gasteiger partial charge in [-0.2, -0.15) is 0 Å². The molecule has 0 aliphatic heterocycles. The summed E-state index contributed by atoms with van der Waals surface area (Å²) in [6.45, 7) is 2.09. The Morgan fingerprint density at radius 2 is 1.75 bits per heavy atom. The molecule has 20 heavy (non-hydrogen) atoms. The maximum absolute atomic E-state index is 6.63. The number of alkyl halides is 1. The average molecular weight is 403 g/mol. The first-order valence-electron chi connectivity index (χ1n) is 6.19. The van der Waals surface area contributed by atoms with Gasteiger partial charge in [0, 0.05) is 3.57 Å². The quantitative estimate of drug-likeness (QED) is 0.532. The maximum Gasteiger partial charge on any atom is 0.161 e. The zero-order valence-electron chi connectivity index (χ0n) is 11.6. The van der Waals surface area contributed by atoms with Gasteiger partial charge in [0.2, 0.25) is 0 Å². The van der Waals surface area contributed by atoms with E-state index < -0.39 is 0 Å². The molecule has 2 aromatic rings. The highest BCUT2D eigenvalue weighted by molar-refractivity contribution is 14.1. The van der Waals surface area contributed by atoms with Gasteiger partial charge in [0.1, 0.15) is 0 Å². The predicted molar refractivity (Wildman–Crippen MR) is 91.1 cm³/mol. The van der Waals surface area contributed by atoms with Gasteiger partial charge in [0.05, 0.1) is 19.6 Å². The minimum absolute atomic E-state index is 0.207. The lowest BCUT2D eigenvalue weighted by Gasteiger charge is -2.16. The van der Waals surface area contributed by atoms with Crippen LogP contribution in [0.5, 0.6) is 11.5 Å². The highest BCUT2D eigenvalue weighted by Crippen LogP contribution is 2.37. The van der Waals surface area contributed by atoms with Gasteiger partial charge in [-0.3, -0.25) is 0 Å². The van der Waals surface area contributed by atoms with Crippen molar-refractivity contribution in [2.45, 2.75) is 12.3 Å².